The molecule has 0 saturated carbocycles. The fourth-order valence-corrected chi connectivity index (χ4v) is 1.35. The summed E-state index contributed by atoms with van der Waals surface area (Å²) in [5.74, 6) is 0.803. The monoisotopic (exact) mass is 169 g/mol. The highest BCUT2D eigenvalue weighted by molar-refractivity contribution is 6.38. The highest BCUT2D eigenvalue weighted by Crippen LogP contribution is 2.21. The quantitative estimate of drug-likeness (QED) is 0.595. The number of methoxy groups -OCH3 is 1. The first-order chi connectivity index (χ1) is 6.33. The minimum Gasteiger partial charge on any atom is -0.496 e. The van der Waals surface area contributed by atoms with Gasteiger partial charge in [-0.1, -0.05) is 11.5 Å². The molecule has 2 rings (SSSR count). The highest BCUT2D eigenvalue weighted by atomic mass is 16.5. The summed E-state index contributed by atoms with van der Waals surface area (Å²) in [7, 11) is 7.40. The van der Waals surface area contributed by atoms with E-state index >= 15 is 0 Å². The third-order valence-electron chi connectivity index (χ3n) is 1.98. The van der Waals surface area contributed by atoms with Crippen LogP contribution in [0.25, 0.3) is 10.9 Å². The molecule has 2 radical (unpaired) electrons. The molecule has 0 amide bonds. The van der Waals surface area contributed by atoms with E-state index in [1.807, 2.05) is 18.2 Å². The second-order valence-corrected chi connectivity index (χ2v) is 2.76. The minimum absolute atomic E-state index is 0.677. The van der Waals surface area contributed by atoms with Crippen LogP contribution in [0.4, 0.5) is 0 Å². The first-order valence-electron chi connectivity index (χ1n) is 4.00. The van der Waals surface area contributed by atoms with Crippen LogP contribution in [-0.4, -0.2) is 19.9 Å². The van der Waals surface area contributed by atoms with Crippen molar-refractivity contribution in [2.24, 2.45) is 0 Å². The van der Waals surface area contributed by atoms with Gasteiger partial charge in [0, 0.05) is 11.6 Å². The van der Waals surface area contributed by atoms with Gasteiger partial charge in [0.2, 0.25) is 0 Å². The molecule has 13 heavy (non-hydrogen) atoms. The van der Waals surface area contributed by atoms with Crippen LogP contribution in [0.5, 0.6) is 5.75 Å². The van der Waals surface area contributed by atoms with Gasteiger partial charge in [0.1, 0.15) is 13.6 Å². The Hall–Kier alpha value is -1.51. The first kappa shape index (κ1) is 8.11. The molecule has 0 aliphatic heterocycles. The lowest BCUT2D eigenvalue weighted by Crippen LogP contribution is -2.05. The molecule has 62 valence electrons. The summed E-state index contributed by atoms with van der Waals surface area (Å²) in [5.41, 5.74) is 1.47. The summed E-state index contributed by atoms with van der Waals surface area (Å²) in [6, 6.07) is 7.45. The van der Waals surface area contributed by atoms with Gasteiger partial charge in [-0.3, -0.25) is 4.98 Å². The number of ether oxygens (including phenoxy) is 1. The summed E-state index contributed by atoms with van der Waals surface area (Å²) < 4.78 is 5.19. The lowest BCUT2D eigenvalue weighted by Gasteiger charge is -2.06. The first-order valence-corrected chi connectivity index (χ1v) is 4.00. The molecule has 1 aromatic carbocycles. The standard InChI is InChI=1S/C10H8BNO/c1-13-9-5-4-8(11)10-7(9)3-2-6-12-10/h2-6H,1H3. The molecule has 0 fully saturated rings. The lowest BCUT2D eigenvalue weighted by atomic mass is 9.93. The van der Waals surface area contributed by atoms with Crippen molar-refractivity contribution >= 4 is 24.2 Å². The zero-order chi connectivity index (χ0) is 9.26. The van der Waals surface area contributed by atoms with Gasteiger partial charge in [0.15, 0.2) is 0 Å². The minimum atomic E-state index is 0.677. The predicted octanol–water partition coefficient (Wildman–Crippen LogP) is 1.04. The summed E-state index contributed by atoms with van der Waals surface area (Å²) >= 11 is 0. The Morgan fingerprint density at radius 2 is 2.15 bits per heavy atom. The van der Waals surface area contributed by atoms with Crippen LogP contribution in [0, 0.1) is 0 Å². The number of nitrogens with zero attached hydrogens (tertiary/aromatic N) is 1. The Balaban J connectivity index is 2.84. The molecule has 2 aromatic rings. The average molecular weight is 169 g/mol. The predicted molar refractivity (Wildman–Crippen MR) is 53.7 cm³/mol. The topological polar surface area (TPSA) is 22.1 Å². The van der Waals surface area contributed by atoms with E-state index in [0.29, 0.717) is 5.46 Å². The smallest absolute Gasteiger partial charge is 0.128 e. The third kappa shape index (κ3) is 1.26. The SMILES string of the molecule is [B]c1ccc(OC)c2cccnc12. The van der Waals surface area contributed by atoms with Crippen molar-refractivity contribution in [3.8, 4) is 5.75 Å². The molecule has 0 unspecified atom stereocenters. The fourth-order valence-electron chi connectivity index (χ4n) is 1.35. The van der Waals surface area contributed by atoms with Gasteiger partial charge in [-0.2, -0.15) is 0 Å². The van der Waals surface area contributed by atoms with Gasteiger partial charge in [-0.25, -0.2) is 0 Å². The zero-order valence-electron chi connectivity index (χ0n) is 7.32. The van der Waals surface area contributed by atoms with Crippen LogP contribution in [0.1, 0.15) is 0 Å². The fraction of sp³-hybridized carbons (Fsp3) is 0.100. The Morgan fingerprint density at radius 3 is 2.92 bits per heavy atom. The van der Waals surface area contributed by atoms with Crippen LogP contribution >= 0.6 is 0 Å². The maximum Gasteiger partial charge on any atom is 0.128 e. The number of aromatic nitrogens is 1. The van der Waals surface area contributed by atoms with E-state index < -0.39 is 0 Å². The molecule has 1 heterocycles. The van der Waals surface area contributed by atoms with Crippen molar-refractivity contribution in [1.29, 1.82) is 0 Å². The van der Waals surface area contributed by atoms with E-state index in [4.69, 9.17) is 12.6 Å². The average Bonchev–Trinajstić information content (AvgIpc) is 2.19. The van der Waals surface area contributed by atoms with Gasteiger partial charge in [-0.15, -0.1) is 0 Å². The van der Waals surface area contributed by atoms with Gasteiger partial charge < -0.3 is 4.74 Å². The molecule has 0 saturated heterocycles. The summed E-state index contributed by atoms with van der Waals surface area (Å²) in [6.07, 6.45) is 1.72. The van der Waals surface area contributed by atoms with Crippen molar-refractivity contribution in [2.75, 3.05) is 7.11 Å². The molecular formula is C10H8BNO. The van der Waals surface area contributed by atoms with Crippen LogP contribution in [-0.2, 0) is 0 Å². The highest BCUT2D eigenvalue weighted by Gasteiger charge is 2.02. The molecule has 0 aliphatic carbocycles. The molecular weight excluding hydrogens is 161 g/mol. The second kappa shape index (κ2) is 3.09. The molecule has 0 spiro atoms. The normalized spacial score (nSPS) is 10.2. The van der Waals surface area contributed by atoms with Crippen molar-refractivity contribution in [2.45, 2.75) is 0 Å². The molecule has 1 aromatic heterocycles. The zero-order valence-corrected chi connectivity index (χ0v) is 7.32. The van der Waals surface area contributed by atoms with Gasteiger partial charge in [-0.05, 0) is 18.2 Å². The Labute approximate surface area is 78.0 Å². The van der Waals surface area contributed by atoms with E-state index in [1.165, 1.54) is 0 Å². The third-order valence-corrected chi connectivity index (χ3v) is 1.98. The van der Waals surface area contributed by atoms with E-state index in [-0.39, 0.29) is 0 Å². The molecule has 0 N–H and O–H groups in total. The maximum absolute atomic E-state index is 5.76. The molecule has 2 nitrogen and oxygen atoms in total. The number of rotatable bonds is 1. The van der Waals surface area contributed by atoms with Crippen molar-refractivity contribution in [3.63, 3.8) is 0 Å². The largest absolute Gasteiger partial charge is 0.496 e. The molecule has 0 atom stereocenters. The number of hydrogen-bond donors (Lipinski definition) is 0. The van der Waals surface area contributed by atoms with E-state index in [9.17, 15) is 0 Å². The van der Waals surface area contributed by atoms with Crippen LogP contribution in [0.3, 0.4) is 0 Å². The van der Waals surface area contributed by atoms with E-state index in [1.54, 1.807) is 19.4 Å². The second-order valence-electron chi connectivity index (χ2n) is 2.76. The molecule has 3 heteroatoms. The van der Waals surface area contributed by atoms with Crippen molar-refractivity contribution in [3.05, 3.63) is 30.5 Å². The maximum atomic E-state index is 5.76. The number of hydrogen-bond acceptors (Lipinski definition) is 2. The Bertz CT molecular complexity index is 442. The summed E-state index contributed by atoms with van der Waals surface area (Å²) in [4.78, 5) is 4.18. The number of pyridine rings is 1. The van der Waals surface area contributed by atoms with Gasteiger partial charge >= 0.3 is 0 Å². The Kier molecular flexibility index (Phi) is 1.93. The van der Waals surface area contributed by atoms with E-state index in [2.05, 4.69) is 4.98 Å². The van der Waals surface area contributed by atoms with Crippen LogP contribution < -0.4 is 10.2 Å². The number of fused-ring (bicyclic) bond motifs is 1. The summed E-state index contributed by atoms with van der Waals surface area (Å²) in [5, 5.41) is 0.949. The van der Waals surface area contributed by atoms with E-state index in [0.717, 1.165) is 16.7 Å². The Morgan fingerprint density at radius 1 is 1.31 bits per heavy atom. The van der Waals surface area contributed by atoms with Crippen LogP contribution in [0.2, 0.25) is 0 Å². The summed E-state index contributed by atoms with van der Waals surface area (Å²) in [6.45, 7) is 0. The van der Waals surface area contributed by atoms with Crippen LogP contribution in [0.15, 0.2) is 30.5 Å². The molecule has 0 bridgehead atoms. The van der Waals surface area contributed by atoms with Crippen molar-refractivity contribution in [1.82, 2.24) is 4.98 Å². The van der Waals surface area contributed by atoms with Gasteiger partial charge in [0.05, 0.1) is 12.6 Å². The lowest BCUT2D eigenvalue weighted by molar-refractivity contribution is 0.420. The number of benzene rings is 1. The van der Waals surface area contributed by atoms with Gasteiger partial charge in [0.25, 0.3) is 0 Å². The van der Waals surface area contributed by atoms with Crippen molar-refractivity contribution < 1.29 is 4.74 Å². The molecule has 0 aliphatic rings.